The van der Waals surface area contributed by atoms with Gasteiger partial charge in [-0.3, -0.25) is 9.69 Å². The van der Waals surface area contributed by atoms with E-state index < -0.39 is 40.5 Å². The number of hydrogen-bond donors (Lipinski definition) is 0. The number of nitrogens with zero attached hydrogens (tertiary/aromatic N) is 3. The van der Waals surface area contributed by atoms with E-state index in [1.165, 1.54) is 43.0 Å². The molecule has 0 radical (unpaired) electrons. The highest BCUT2D eigenvalue weighted by Crippen LogP contribution is 2.40. The third kappa shape index (κ3) is 4.84. The number of ether oxygens (including phenoxy) is 1. The number of alkyl halides is 3. The molecular weight excluding hydrogens is 486 g/mol. The van der Waals surface area contributed by atoms with E-state index in [9.17, 15) is 27.2 Å². The van der Waals surface area contributed by atoms with Crippen LogP contribution in [0.3, 0.4) is 0 Å². The van der Waals surface area contributed by atoms with Crippen molar-refractivity contribution in [2.24, 2.45) is 5.92 Å². The zero-order valence-corrected chi connectivity index (χ0v) is 20.1. The summed E-state index contributed by atoms with van der Waals surface area (Å²) in [6.07, 6.45) is -4.83. The van der Waals surface area contributed by atoms with Gasteiger partial charge in [-0.1, -0.05) is 13.8 Å². The van der Waals surface area contributed by atoms with Gasteiger partial charge in [0, 0.05) is 5.69 Å². The first kappa shape index (κ1) is 26.1. The van der Waals surface area contributed by atoms with Crippen LogP contribution in [0.2, 0.25) is 0 Å². The summed E-state index contributed by atoms with van der Waals surface area (Å²) in [4.78, 5) is 27.6. The molecule has 1 amide bonds. The van der Waals surface area contributed by atoms with E-state index in [-0.39, 0.29) is 34.6 Å². The molecule has 3 rings (SSSR count). The Morgan fingerprint density at radius 3 is 2.34 bits per heavy atom. The second kappa shape index (κ2) is 9.26. The lowest BCUT2D eigenvalue weighted by molar-refractivity contribution is -0.137. The van der Waals surface area contributed by atoms with Gasteiger partial charge in [-0.2, -0.15) is 18.4 Å². The van der Waals surface area contributed by atoms with Crippen molar-refractivity contribution >= 4 is 40.6 Å². The minimum absolute atomic E-state index is 0.0566. The van der Waals surface area contributed by atoms with Crippen molar-refractivity contribution in [3.8, 4) is 6.07 Å². The number of rotatable bonds is 5. The van der Waals surface area contributed by atoms with Gasteiger partial charge in [0.2, 0.25) is 0 Å². The number of nitriles is 1. The van der Waals surface area contributed by atoms with Crippen LogP contribution in [0.4, 0.5) is 28.9 Å². The molecule has 11 heteroatoms. The Hall–Kier alpha value is -3.52. The predicted molar refractivity (Wildman–Crippen MR) is 124 cm³/mol. The van der Waals surface area contributed by atoms with Crippen molar-refractivity contribution in [2.75, 3.05) is 16.4 Å². The molecule has 0 N–H and O–H groups in total. The summed E-state index contributed by atoms with van der Waals surface area (Å²) >= 11 is 5.42. The first-order chi connectivity index (χ1) is 16.2. The summed E-state index contributed by atoms with van der Waals surface area (Å²) in [7, 11) is 0. The highest BCUT2D eigenvalue weighted by molar-refractivity contribution is 7.81. The summed E-state index contributed by atoms with van der Waals surface area (Å²) in [5.41, 5.74) is -3.57. The molecule has 35 heavy (non-hydrogen) atoms. The van der Waals surface area contributed by atoms with Crippen LogP contribution in [0.1, 0.15) is 49.2 Å². The maximum absolute atomic E-state index is 14.8. The van der Waals surface area contributed by atoms with E-state index in [4.69, 9.17) is 22.2 Å². The van der Waals surface area contributed by atoms with Crippen LogP contribution in [-0.4, -0.2) is 29.1 Å². The Kier molecular flexibility index (Phi) is 6.90. The van der Waals surface area contributed by atoms with Crippen molar-refractivity contribution in [3.63, 3.8) is 0 Å². The van der Waals surface area contributed by atoms with E-state index in [2.05, 4.69) is 0 Å². The van der Waals surface area contributed by atoms with Gasteiger partial charge in [-0.15, -0.1) is 0 Å². The molecule has 0 atom stereocenters. The summed E-state index contributed by atoms with van der Waals surface area (Å²) in [6, 6.07) is 7.89. The molecule has 184 valence electrons. The van der Waals surface area contributed by atoms with Crippen molar-refractivity contribution < 1.29 is 31.9 Å². The topological polar surface area (TPSA) is 73.6 Å². The molecule has 0 bridgehead atoms. The number of carbonyl (C=O) groups excluding carboxylic acids is 2. The molecule has 2 aromatic rings. The molecule has 1 fully saturated rings. The van der Waals surface area contributed by atoms with Crippen LogP contribution in [0.5, 0.6) is 0 Å². The monoisotopic (exact) mass is 507 g/mol. The van der Waals surface area contributed by atoms with Gasteiger partial charge in [0.25, 0.3) is 5.91 Å². The predicted octanol–water partition coefficient (Wildman–Crippen LogP) is 5.45. The van der Waals surface area contributed by atoms with Gasteiger partial charge in [0.15, 0.2) is 5.11 Å². The van der Waals surface area contributed by atoms with Crippen LogP contribution in [-0.2, 0) is 15.7 Å². The van der Waals surface area contributed by atoms with Crippen LogP contribution in [0, 0.1) is 23.1 Å². The number of amides is 1. The Bertz CT molecular complexity index is 1250. The van der Waals surface area contributed by atoms with Crippen LogP contribution in [0.25, 0.3) is 0 Å². The van der Waals surface area contributed by atoms with Crippen LogP contribution < -0.4 is 9.80 Å². The fraction of sp³-hybridized carbons (Fsp3) is 0.333. The molecule has 1 aliphatic heterocycles. The van der Waals surface area contributed by atoms with Gasteiger partial charge in [0.1, 0.15) is 11.4 Å². The zero-order chi connectivity index (χ0) is 26.3. The maximum Gasteiger partial charge on any atom is 0.417 e. The lowest BCUT2D eigenvalue weighted by Gasteiger charge is -2.29. The van der Waals surface area contributed by atoms with Gasteiger partial charge in [-0.05, 0) is 68.4 Å². The number of benzene rings is 2. The highest BCUT2D eigenvalue weighted by atomic mass is 32.1. The van der Waals surface area contributed by atoms with E-state index in [0.717, 1.165) is 17.0 Å². The number of carbonyl (C=O) groups is 2. The zero-order valence-electron chi connectivity index (χ0n) is 19.2. The third-order valence-electron chi connectivity index (χ3n) is 5.33. The van der Waals surface area contributed by atoms with Crippen molar-refractivity contribution in [1.82, 2.24) is 0 Å². The van der Waals surface area contributed by atoms with Gasteiger partial charge in [-0.25, -0.2) is 9.18 Å². The van der Waals surface area contributed by atoms with E-state index in [1.807, 2.05) is 13.8 Å². The fourth-order valence-corrected chi connectivity index (χ4v) is 4.11. The minimum Gasteiger partial charge on any atom is -0.462 e. The molecule has 0 unspecified atom stereocenters. The minimum atomic E-state index is -4.83. The fourth-order valence-electron chi connectivity index (χ4n) is 3.59. The Morgan fingerprint density at radius 2 is 1.80 bits per heavy atom. The average molecular weight is 508 g/mol. The molecule has 2 aromatic carbocycles. The van der Waals surface area contributed by atoms with E-state index >= 15 is 0 Å². The molecule has 0 saturated carbocycles. The van der Waals surface area contributed by atoms with Crippen LogP contribution >= 0.6 is 12.2 Å². The number of esters is 1. The molecule has 0 aliphatic carbocycles. The summed E-state index contributed by atoms with van der Waals surface area (Å²) in [5.74, 6) is -2.35. The van der Waals surface area contributed by atoms with E-state index in [1.54, 1.807) is 0 Å². The summed E-state index contributed by atoms with van der Waals surface area (Å²) in [6.45, 7) is 6.74. The largest absolute Gasteiger partial charge is 0.462 e. The number of thiocarbonyl (C=S) groups is 1. The lowest BCUT2D eigenvalue weighted by atomic mass is 10.0. The Balaban J connectivity index is 2.01. The van der Waals surface area contributed by atoms with Gasteiger partial charge < -0.3 is 9.64 Å². The van der Waals surface area contributed by atoms with E-state index in [0.29, 0.717) is 6.07 Å². The molecule has 1 heterocycles. The lowest BCUT2D eigenvalue weighted by Crippen LogP contribution is -2.44. The number of anilines is 2. The van der Waals surface area contributed by atoms with Gasteiger partial charge >= 0.3 is 12.1 Å². The smallest absolute Gasteiger partial charge is 0.417 e. The molecule has 1 saturated heterocycles. The molecule has 1 aliphatic rings. The molecule has 0 spiro atoms. The molecular formula is C24H21F4N3O3S. The normalized spacial score (nSPS) is 15.5. The molecule has 0 aromatic heterocycles. The number of halogens is 4. The van der Waals surface area contributed by atoms with Crippen molar-refractivity contribution in [2.45, 2.75) is 39.4 Å². The van der Waals surface area contributed by atoms with Crippen LogP contribution in [0.15, 0.2) is 36.4 Å². The highest BCUT2D eigenvalue weighted by Gasteiger charge is 2.51. The first-order valence-electron chi connectivity index (χ1n) is 10.5. The standard InChI is InChI=1S/C24H21F4N3O3S/c1-13(2)12-34-20(32)17-8-7-16(10-19(17)25)31-22(35)30(21(33)23(31,3)4)15-6-5-14(11-29)18(9-15)24(26,27)28/h5-10,13H,12H2,1-4H3. The quantitative estimate of drug-likeness (QED) is 0.305. The van der Waals surface area contributed by atoms with Crippen molar-refractivity contribution in [3.05, 3.63) is 58.9 Å². The summed E-state index contributed by atoms with van der Waals surface area (Å²) < 4.78 is 60.2. The van der Waals surface area contributed by atoms with Crippen molar-refractivity contribution in [1.29, 1.82) is 5.26 Å². The SMILES string of the molecule is CC(C)COC(=O)c1ccc(N2C(=S)N(c3ccc(C#N)c(C(F)(F)F)c3)C(=O)C2(C)C)cc1F. The Morgan fingerprint density at radius 1 is 1.17 bits per heavy atom. The Labute approximate surface area is 204 Å². The first-order valence-corrected chi connectivity index (χ1v) is 10.9. The number of hydrogen-bond acceptors (Lipinski definition) is 5. The van der Waals surface area contributed by atoms with Gasteiger partial charge in [0.05, 0.1) is 35.1 Å². The maximum atomic E-state index is 14.8. The second-order valence-electron chi connectivity index (χ2n) is 8.81. The third-order valence-corrected chi connectivity index (χ3v) is 5.70. The second-order valence-corrected chi connectivity index (χ2v) is 9.18. The molecule has 6 nitrogen and oxygen atoms in total. The average Bonchev–Trinajstić information content (AvgIpc) is 2.94. The summed E-state index contributed by atoms with van der Waals surface area (Å²) in [5, 5.41) is 8.84.